The maximum atomic E-state index is 12.7. The number of carbonyl (C=O) groups excluding carboxylic acids is 1. The molecule has 2 aromatic rings. The Labute approximate surface area is 164 Å². The van der Waals surface area contributed by atoms with Crippen molar-refractivity contribution in [1.29, 1.82) is 0 Å². The summed E-state index contributed by atoms with van der Waals surface area (Å²) in [5.41, 5.74) is 1.15. The van der Waals surface area contributed by atoms with Crippen molar-refractivity contribution >= 4 is 28.9 Å². The highest BCUT2D eigenvalue weighted by atomic mass is 32.1. The van der Waals surface area contributed by atoms with Crippen LogP contribution in [0.4, 0.5) is 5.69 Å². The van der Waals surface area contributed by atoms with Gasteiger partial charge in [0.25, 0.3) is 5.91 Å². The molecule has 1 fully saturated rings. The lowest BCUT2D eigenvalue weighted by Crippen LogP contribution is -2.45. The zero-order chi connectivity index (χ0) is 19.2. The molecule has 2 atom stereocenters. The van der Waals surface area contributed by atoms with Crippen LogP contribution in [-0.4, -0.2) is 48.6 Å². The van der Waals surface area contributed by atoms with Crippen LogP contribution in [0.1, 0.15) is 28.9 Å². The van der Waals surface area contributed by atoms with Gasteiger partial charge in [-0.05, 0) is 48.3 Å². The van der Waals surface area contributed by atoms with Gasteiger partial charge in [-0.2, -0.15) is 0 Å². The number of hydrogen-bond donors (Lipinski definition) is 1. The quantitative estimate of drug-likeness (QED) is 0.786. The van der Waals surface area contributed by atoms with Crippen molar-refractivity contribution in [3.05, 3.63) is 52.7 Å². The van der Waals surface area contributed by atoms with Gasteiger partial charge in [0.2, 0.25) is 0 Å². The van der Waals surface area contributed by atoms with E-state index in [-0.39, 0.29) is 24.2 Å². The number of nitrogens with zero attached hydrogens (tertiary/aromatic N) is 2. The van der Waals surface area contributed by atoms with E-state index in [4.69, 9.17) is 0 Å². The molecule has 1 aromatic carbocycles. The van der Waals surface area contributed by atoms with E-state index in [1.54, 1.807) is 0 Å². The molecule has 6 heteroatoms. The van der Waals surface area contributed by atoms with E-state index in [0.717, 1.165) is 30.0 Å². The van der Waals surface area contributed by atoms with Crippen LogP contribution in [0.5, 0.6) is 0 Å². The summed E-state index contributed by atoms with van der Waals surface area (Å²) in [5.74, 6) is -0.358. The van der Waals surface area contributed by atoms with E-state index in [9.17, 15) is 14.7 Å². The van der Waals surface area contributed by atoms with Gasteiger partial charge in [-0.3, -0.25) is 9.59 Å². The first-order chi connectivity index (χ1) is 13.0. The second-order valence-corrected chi connectivity index (χ2v) is 8.13. The molecule has 5 nitrogen and oxygen atoms in total. The number of piperidine rings is 1. The smallest absolute Gasteiger partial charge is 0.303 e. The Kier molecular flexibility index (Phi) is 6.50. The minimum absolute atomic E-state index is 0.0696. The molecule has 0 bridgehead atoms. The maximum absolute atomic E-state index is 12.7. The van der Waals surface area contributed by atoms with E-state index in [0.29, 0.717) is 13.1 Å². The number of thiophene rings is 1. The molecule has 0 unspecified atom stereocenters. The largest absolute Gasteiger partial charge is 0.481 e. The number of benzene rings is 1. The normalized spacial score (nSPS) is 19.7. The summed E-state index contributed by atoms with van der Waals surface area (Å²) in [5, 5.41) is 11.2. The fourth-order valence-corrected chi connectivity index (χ4v) is 4.50. The maximum Gasteiger partial charge on any atom is 0.303 e. The van der Waals surface area contributed by atoms with E-state index in [1.807, 2.05) is 40.6 Å². The lowest BCUT2D eigenvalue weighted by molar-refractivity contribution is -0.139. The minimum atomic E-state index is -0.751. The van der Waals surface area contributed by atoms with E-state index in [2.05, 4.69) is 24.1 Å². The molecular weight excluding hydrogens is 360 g/mol. The van der Waals surface area contributed by atoms with Gasteiger partial charge in [0.05, 0.1) is 4.88 Å². The number of amides is 1. The number of carboxylic acids is 1. The second kappa shape index (κ2) is 9.04. The minimum Gasteiger partial charge on any atom is -0.481 e. The molecular formula is C21H26N2O3S. The Bertz CT molecular complexity index is 748. The Morgan fingerprint density at radius 2 is 1.96 bits per heavy atom. The molecule has 1 amide bonds. The first-order valence-corrected chi connectivity index (χ1v) is 10.2. The van der Waals surface area contributed by atoms with Crippen LogP contribution in [0.2, 0.25) is 0 Å². The fraction of sp³-hybridized carbons (Fsp3) is 0.429. The SMILES string of the molecule is CN(CC[C@H]1CN(C(=O)c2cccs2)CC[C@H]1CC(=O)O)c1ccccc1. The lowest BCUT2D eigenvalue weighted by Gasteiger charge is -2.39. The molecule has 2 heterocycles. The third-order valence-electron chi connectivity index (χ3n) is 5.38. The molecule has 3 rings (SSSR count). The summed E-state index contributed by atoms with van der Waals surface area (Å²) in [6.45, 7) is 2.11. The van der Waals surface area contributed by atoms with Gasteiger partial charge >= 0.3 is 5.97 Å². The highest BCUT2D eigenvalue weighted by Gasteiger charge is 2.33. The van der Waals surface area contributed by atoms with Crippen LogP contribution < -0.4 is 4.90 Å². The second-order valence-electron chi connectivity index (χ2n) is 7.18. The summed E-state index contributed by atoms with van der Waals surface area (Å²) < 4.78 is 0. The zero-order valence-corrected chi connectivity index (χ0v) is 16.4. The van der Waals surface area contributed by atoms with Gasteiger partial charge in [0, 0.05) is 38.8 Å². The van der Waals surface area contributed by atoms with Crippen LogP contribution in [0.3, 0.4) is 0 Å². The number of aliphatic carboxylic acids is 1. The standard InChI is InChI=1S/C21H26N2O3S/c1-22(18-6-3-2-4-7-18)11-9-17-15-23(12-10-16(17)14-20(24)25)21(26)19-8-5-13-27-19/h2-8,13,16-17H,9-12,14-15H2,1H3,(H,24,25)/t16-,17-/m0/s1. The number of rotatable bonds is 7. The summed E-state index contributed by atoms with van der Waals surface area (Å²) in [6.07, 6.45) is 1.81. The zero-order valence-electron chi connectivity index (χ0n) is 15.6. The summed E-state index contributed by atoms with van der Waals surface area (Å²) >= 11 is 1.46. The van der Waals surface area contributed by atoms with Crippen LogP contribution in [-0.2, 0) is 4.79 Å². The van der Waals surface area contributed by atoms with Gasteiger partial charge in [-0.1, -0.05) is 24.3 Å². The Morgan fingerprint density at radius 1 is 1.19 bits per heavy atom. The monoisotopic (exact) mass is 386 g/mol. The molecule has 0 radical (unpaired) electrons. The van der Waals surface area contributed by atoms with Crippen molar-refractivity contribution in [1.82, 2.24) is 4.90 Å². The van der Waals surface area contributed by atoms with Crippen LogP contribution in [0.25, 0.3) is 0 Å². The number of anilines is 1. The first-order valence-electron chi connectivity index (χ1n) is 9.35. The Balaban J connectivity index is 1.65. The molecule has 0 saturated carbocycles. The number of likely N-dealkylation sites (tertiary alicyclic amines) is 1. The molecule has 1 aromatic heterocycles. The number of carboxylic acid groups (broad SMARTS) is 1. The molecule has 144 valence electrons. The molecule has 1 aliphatic heterocycles. The van der Waals surface area contributed by atoms with Crippen molar-refractivity contribution in [2.45, 2.75) is 19.3 Å². The van der Waals surface area contributed by atoms with Crippen LogP contribution in [0.15, 0.2) is 47.8 Å². The van der Waals surface area contributed by atoms with Crippen molar-refractivity contribution in [3.63, 3.8) is 0 Å². The van der Waals surface area contributed by atoms with Crippen molar-refractivity contribution in [2.75, 3.05) is 31.6 Å². The third kappa shape index (κ3) is 5.10. The molecule has 1 N–H and O–H groups in total. The highest BCUT2D eigenvalue weighted by Crippen LogP contribution is 2.31. The van der Waals surface area contributed by atoms with Gasteiger partial charge in [-0.25, -0.2) is 0 Å². The summed E-state index contributed by atoms with van der Waals surface area (Å²) in [6, 6.07) is 13.9. The predicted octanol–water partition coefficient (Wildman–Crippen LogP) is 3.83. The lowest BCUT2D eigenvalue weighted by atomic mass is 9.81. The average molecular weight is 387 g/mol. The molecule has 1 saturated heterocycles. The predicted molar refractivity (Wildman–Crippen MR) is 108 cm³/mol. The van der Waals surface area contributed by atoms with Gasteiger partial charge in [0.15, 0.2) is 0 Å². The van der Waals surface area contributed by atoms with Crippen molar-refractivity contribution in [3.8, 4) is 0 Å². The summed E-state index contributed by atoms with van der Waals surface area (Å²) in [7, 11) is 2.05. The van der Waals surface area contributed by atoms with E-state index >= 15 is 0 Å². The van der Waals surface area contributed by atoms with Crippen LogP contribution >= 0.6 is 11.3 Å². The Hall–Kier alpha value is -2.34. The number of para-hydroxylation sites is 1. The van der Waals surface area contributed by atoms with E-state index in [1.165, 1.54) is 11.3 Å². The molecule has 0 spiro atoms. The highest BCUT2D eigenvalue weighted by molar-refractivity contribution is 7.12. The number of hydrogen-bond acceptors (Lipinski definition) is 4. The topological polar surface area (TPSA) is 60.9 Å². The van der Waals surface area contributed by atoms with Crippen LogP contribution in [0, 0.1) is 11.8 Å². The first kappa shape index (κ1) is 19.4. The van der Waals surface area contributed by atoms with Gasteiger partial charge in [-0.15, -0.1) is 11.3 Å². The molecule has 0 aliphatic carbocycles. The number of carbonyl (C=O) groups is 2. The Morgan fingerprint density at radius 3 is 2.63 bits per heavy atom. The van der Waals surface area contributed by atoms with Gasteiger partial charge in [0.1, 0.15) is 0 Å². The molecule has 1 aliphatic rings. The van der Waals surface area contributed by atoms with E-state index < -0.39 is 5.97 Å². The van der Waals surface area contributed by atoms with Gasteiger partial charge < -0.3 is 14.9 Å². The summed E-state index contributed by atoms with van der Waals surface area (Å²) in [4.78, 5) is 28.8. The van der Waals surface area contributed by atoms with Crippen molar-refractivity contribution in [2.24, 2.45) is 11.8 Å². The fourth-order valence-electron chi connectivity index (χ4n) is 3.81. The van der Waals surface area contributed by atoms with Crippen molar-refractivity contribution < 1.29 is 14.7 Å². The molecule has 27 heavy (non-hydrogen) atoms. The third-order valence-corrected chi connectivity index (χ3v) is 6.24. The average Bonchev–Trinajstić information content (AvgIpc) is 3.21.